The van der Waals surface area contributed by atoms with Gasteiger partial charge in [-0.15, -0.1) is 0 Å². The van der Waals surface area contributed by atoms with Crippen LogP contribution in [0.4, 0.5) is 17.5 Å². The minimum Gasteiger partial charge on any atom is -0.394 e. The van der Waals surface area contributed by atoms with E-state index >= 15 is 0 Å². The van der Waals surface area contributed by atoms with Crippen LogP contribution < -0.4 is 17.2 Å². The maximum absolute atomic E-state index is 13.4. The highest BCUT2D eigenvalue weighted by Crippen LogP contribution is 2.52. The maximum atomic E-state index is 13.4. The molecule has 0 spiro atoms. The summed E-state index contributed by atoms with van der Waals surface area (Å²) in [4.78, 5) is 58.2. The number of fused-ring (bicyclic) bond motifs is 3. The summed E-state index contributed by atoms with van der Waals surface area (Å²) in [7, 11) is -10.0. The van der Waals surface area contributed by atoms with Gasteiger partial charge in [-0.3, -0.25) is 31.8 Å². The second-order valence-corrected chi connectivity index (χ2v) is 15.6. The lowest BCUT2D eigenvalue weighted by Gasteiger charge is -2.24. The highest BCUT2D eigenvalue weighted by molar-refractivity contribution is 7.47. The predicted octanol–water partition coefficient (Wildman–Crippen LogP) is -1.23. The molecule has 10 N–H and O–H groups in total. The van der Waals surface area contributed by atoms with Gasteiger partial charge in [0.15, 0.2) is 46.9 Å². The Balaban J connectivity index is 0.941. The molecular weight excluding hydrogens is 816 g/mol. The summed E-state index contributed by atoms with van der Waals surface area (Å²) >= 11 is 0. The monoisotopic (exact) mass is 851 g/mol. The number of ether oxygens (including phenoxy) is 3. The Morgan fingerprint density at radius 3 is 1.93 bits per heavy atom. The molecule has 0 aliphatic carbocycles. The fourth-order valence-electron chi connectivity index (χ4n) is 6.40. The summed E-state index contributed by atoms with van der Waals surface area (Å²) in [6.45, 7) is -1.96. The number of hydrogen-bond acceptors (Lipinski definition) is 23. The van der Waals surface area contributed by atoms with E-state index in [1.165, 1.54) is 45.3 Å². The first-order chi connectivity index (χ1) is 27.8. The van der Waals surface area contributed by atoms with Crippen LogP contribution in [0.3, 0.4) is 0 Å². The molecule has 310 valence electrons. The van der Waals surface area contributed by atoms with Gasteiger partial charge in [-0.1, -0.05) is 0 Å². The van der Waals surface area contributed by atoms with E-state index < -0.39 is 78.4 Å². The Morgan fingerprint density at radius 2 is 1.29 bits per heavy atom. The van der Waals surface area contributed by atoms with Gasteiger partial charge in [-0.05, 0) is 0 Å². The van der Waals surface area contributed by atoms with Gasteiger partial charge in [0.25, 0.3) is 0 Å². The quantitative estimate of drug-likeness (QED) is 0.0442. The number of aromatic nitrogens is 12. The number of imidazole rings is 3. The first-order valence-corrected chi connectivity index (χ1v) is 20.1. The maximum Gasteiger partial charge on any atom is 0.472 e. The minimum absolute atomic E-state index is 0.00558. The smallest absolute Gasteiger partial charge is 0.394 e. The highest BCUT2D eigenvalue weighted by Gasteiger charge is 2.51. The largest absolute Gasteiger partial charge is 0.472 e. The van der Waals surface area contributed by atoms with E-state index in [2.05, 4.69) is 44.9 Å². The van der Waals surface area contributed by atoms with Gasteiger partial charge in [-0.2, -0.15) is 0 Å². The van der Waals surface area contributed by atoms with E-state index in [0.29, 0.717) is 11.2 Å². The van der Waals surface area contributed by atoms with Crippen LogP contribution in [0.1, 0.15) is 18.9 Å². The molecule has 6 aromatic heterocycles. The number of nitrogens with two attached hydrogens (primary N) is 3. The molecule has 6 aromatic rings. The third-order valence-corrected chi connectivity index (χ3v) is 11.1. The Bertz CT molecular complexity index is 2520. The second kappa shape index (κ2) is 16.0. The van der Waals surface area contributed by atoms with Crippen molar-refractivity contribution in [1.82, 2.24) is 58.6 Å². The average molecular weight is 852 g/mol. The number of hydrogen-bond donors (Lipinski definition) is 7. The van der Waals surface area contributed by atoms with Crippen LogP contribution in [0.5, 0.6) is 0 Å². The fourth-order valence-corrected chi connectivity index (χ4v) is 8.23. The van der Waals surface area contributed by atoms with Crippen molar-refractivity contribution < 1.29 is 61.4 Å². The van der Waals surface area contributed by atoms with E-state index in [-0.39, 0.29) is 59.5 Å². The average Bonchev–Trinajstić information content (AvgIpc) is 4.02. The van der Waals surface area contributed by atoms with Crippen molar-refractivity contribution in [2.75, 3.05) is 43.6 Å². The SMILES string of the molecule is Nc1ncnc2c1ncn2COCCOP(=O)(O)O[C@@H]1[C@H](O)[C@@H](COP(=O)(O)O[C@@H]2C[C@@H](CO)O[C@H]2n2cnc3c(N)ncnc32)O[C@H]1n1cnc2c(N)ncnc21. The van der Waals surface area contributed by atoms with Crippen molar-refractivity contribution in [3.8, 4) is 0 Å². The molecule has 0 bridgehead atoms. The molecule has 2 aliphatic rings. The number of aliphatic hydroxyl groups is 2. The molecule has 8 rings (SSSR count). The summed E-state index contributed by atoms with van der Waals surface area (Å²) < 4.78 is 69.6. The van der Waals surface area contributed by atoms with Crippen molar-refractivity contribution in [2.24, 2.45) is 0 Å². The number of anilines is 3. The zero-order valence-electron chi connectivity index (χ0n) is 29.7. The first-order valence-electron chi connectivity index (χ1n) is 17.1. The van der Waals surface area contributed by atoms with E-state index in [9.17, 15) is 29.1 Å². The summed E-state index contributed by atoms with van der Waals surface area (Å²) in [5.41, 5.74) is 19.1. The topological polar surface area (TPSA) is 389 Å². The molecule has 9 atom stereocenters. The number of rotatable bonds is 16. The number of nitrogens with zero attached hydrogens (tertiary/aromatic N) is 12. The van der Waals surface area contributed by atoms with Gasteiger partial charge in [0.1, 0.15) is 66.7 Å². The number of nitrogen functional groups attached to an aromatic ring is 3. The highest BCUT2D eigenvalue weighted by atomic mass is 31.2. The van der Waals surface area contributed by atoms with Crippen molar-refractivity contribution in [3.05, 3.63) is 38.0 Å². The zero-order chi connectivity index (χ0) is 40.8. The van der Waals surface area contributed by atoms with Gasteiger partial charge < -0.3 is 51.4 Å². The molecule has 28 nitrogen and oxygen atoms in total. The van der Waals surface area contributed by atoms with Gasteiger partial charge in [0, 0.05) is 6.42 Å². The Labute approximate surface area is 324 Å². The lowest BCUT2D eigenvalue weighted by molar-refractivity contribution is -0.0616. The third-order valence-electron chi connectivity index (χ3n) is 9.05. The van der Waals surface area contributed by atoms with Gasteiger partial charge in [0.05, 0.1) is 51.5 Å². The van der Waals surface area contributed by atoms with Crippen LogP contribution in [0.15, 0.2) is 38.0 Å². The molecular formula is C28H35N15O13P2. The molecule has 8 heterocycles. The van der Waals surface area contributed by atoms with Gasteiger partial charge in [0.2, 0.25) is 0 Å². The van der Waals surface area contributed by atoms with E-state index in [1.807, 2.05) is 0 Å². The Morgan fingerprint density at radius 1 is 0.724 bits per heavy atom. The number of phosphoric ester groups is 2. The Kier molecular flexibility index (Phi) is 11.0. The van der Waals surface area contributed by atoms with Crippen LogP contribution in [-0.2, 0) is 48.2 Å². The Hall–Kier alpha value is -4.93. The van der Waals surface area contributed by atoms with Crippen LogP contribution in [0.2, 0.25) is 0 Å². The molecule has 0 radical (unpaired) electrons. The van der Waals surface area contributed by atoms with Crippen molar-refractivity contribution in [1.29, 1.82) is 0 Å². The number of phosphoric acid groups is 2. The molecule has 0 amide bonds. The summed E-state index contributed by atoms with van der Waals surface area (Å²) in [6, 6.07) is 0. The predicted molar refractivity (Wildman–Crippen MR) is 192 cm³/mol. The molecule has 0 saturated carbocycles. The van der Waals surface area contributed by atoms with E-state index in [1.54, 1.807) is 0 Å². The second-order valence-electron chi connectivity index (χ2n) is 12.8. The fraction of sp³-hybridized carbons (Fsp3) is 0.464. The summed E-state index contributed by atoms with van der Waals surface area (Å²) in [5, 5.41) is 21.2. The van der Waals surface area contributed by atoms with Crippen molar-refractivity contribution in [3.63, 3.8) is 0 Å². The molecule has 2 saturated heterocycles. The van der Waals surface area contributed by atoms with E-state index in [4.69, 9.17) is 49.5 Å². The van der Waals surface area contributed by atoms with Gasteiger partial charge in [-0.25, -0.2) is 54.0 Å². The molecule has 2 unspecified atom stereocenters. The first kappa shape index (κ1) is 39.9. The lowest BCUT2D eigenvalue weighted by Crippen LogP contribution is -2.35. The van der Waals surface area contributed by atoms with Crippen LogP contribution in [0, 0.1) is 0 Å². The third kappa shape index (κ3) is 7.93. The minimum atomic E-state index is -5.01. The summed E-state index contributed by atoms with van der Waals surface area (Å²) in [6.07, 6.45) is -1.98. The standard InChI is InChI=1S/C28H35N15O13P2/c29-21-16-24(35-6-32-21)41(9-38-16)12-50-1-2-51-57(46,47)56-20-19(45)15(54-28(20)43-11-40-18-23(31)34-8-37-26(18)43)5-52-58(48,49)55-14-3-13(4-44)53-27(14)42-10-39-17-22(30)33-7-36-25(17)42/h6-11,13-15,19-20,27-28,44-45H,1-5,12H2,(H,46,47)(H,48,49)(H2,29,32,35)(H2,30,33,36)(H2,31,34,37)/t13-,14+,15+,19+,20+,27+,28+/m0/s1. The van der Waals surface area contributed by atoms with Crippen LogP contribution >= 0.6 is 15.6 Å². The molecule has 2 aliphatic heterocycles. The normalized spacial score (nSPS) is 25.8. The van der Waals surface area contributed by atoms with Crippen LogP contribution in [0.25, 0.3) is 33.5 Å². The molecule has 58 heavy (non-hydrogen) atoms. The molecule has 2 fully saturated rings. The summed E-state index contributed by atoms with van der Waals surface area (Å²) in [5.74, 6) is 0.272. The molecule has 0 aromatic carbocycles. The van der Waals surface area contributed by atoms with Crippen molar-refractivity contribution >= 4 is 66.6 Å². The number of aliphatic hydroxyl groups excluding tert-OH is 2. The van der Waals surface area contributed by atoms with Crippen molar-refractivity contribution in [2.45, 2.75) is 56.1 Å². The van der Waals surface area contributed by atoms with Crippen LogP contribution in [-0.4, -0.2) is 136 Å². The van der Waals surface area contributed by atoms with Gasteiger partial charge >= 0.3 is 15.6 Å². The molecule has 30 heteroatoms. The van der Waals surface area contributed by atoms with E-state index in [0.717, 1.165) is 6.33 Å². The lowest BCUT2D eigenvalue weighted by atomic mass is 10.1. The zero-order valence-corrected chi connectivity index (χ0v) is 31.5.